The first-order valence-electron chi connectivity index (χ1n) is 5.56. The largest absolute Gasteiger partial charge is 0.465 e. The Labute approximate surface area is 100 Å². The summed E-state index contributed by atoms with van der Waals surface area (Å²) in [7, 11) is 0. The molecule has 0 aromatic carbocycles. The van der Waals surface area contributed by atoms with Gasteiger partial charge in [0.15, 0.2) is 0 Å². The first-order valence-corrected chi connectivity index (χ1v) is 5.56. The van der Waals surface area contributed by atoms with E-state index in [2.05, 4.69) is 0 Å². The molecule has 0 saturated carbocycles. The number of carboxylic acid groups (broad SMARTS) is 1. The van der Waals surface area contributed by atoms with Gasteiger partial charge in [-0.15, -0.1) is 0 Å². The zero-order valence-electron chi connectivity index (χ0n) is 10.3. The fourth-order valence-corrected chi connectivity index (χ4v) is 1.67. The van der Waals surface area contributed by atoms with Gasteiger partial charge in [0.25, 0.3) is 0 Å². The Bertz CT molecular complexity index is 309. The maximum Gasteiger partial charge on any atom is 0.407 e. The summed E-state index contributed by atoms with van der Waals surface area (Å²) in [5, 5.41) is 18.3. The van der Waals surface area contributed by atoms with Crippen LogP contribution in [0.2, 0.25) is 0 Å². The molecule has 98 valence electrons. The number of aliphatic hydroxyl groups excluding tert-OH is 1. The summed E-state index contributed by atoms with van der Waals surface area (Å²) >= 11 is 0. The molecule has 0 spiro atoms. The van der Waals surface area contributed by atoms with E-state index in [-0.39, 0.29) is 19.1 Å². The molecule has 2 atom stereocenters. The predicted octanol–water partition coefficient (Wildman–Crippen LogP) is 0.689. The minimum absolute atomic E-state index is 0.000532. The van der Waals surface area contributed by atoms with E-state index in [1.165, 1.54) is 0 Å². The molecule has 0 radical (unpaired) electrons. The van der Waals surface area contributed by atoms with Gasteiger partial charge in [0, 0.05) is 0 Å². The van der Waals surface area contributed by atoms with E-state index in [1.54, 1.807) is 20.8 Å². The molecule has 1 amide bonds. The molecule has 0 unspecified atom stereocenters. The van der Waals surface area contributed by atoms with Crippen molar-refractivity contribution in [2.45, 2.75) is 39.3 Å². The summed E-state index contributed by atoms with van der Waals surface area (Å²) in [6, 6.07) is -0.450. The van der Waals surface area contributed by atoms with Crippen LogP contribution in [0.5, 0.6) is 0 Å². The minimum atomic E-state index is -1.10. The van der Waals surface area contributed by atoms with Gasteiger partial charge in [-0.3, -0.25) is 9.69 Å². The van der Waals surface area contributed by atoms with E-state index in [0.717, 1.165) is 4.90 Å². The van der Waals surface area contributed by atoms with Crippen molar-refractivity contribution in [1.82, 2.24) is 4.90 Å². The zero-order valence-corrected chi connectivity index (χ0v) is 10.3. The van der Waals surface area contributed by atoms with Crippen LogP contribution < -0.4 is 0 Å². The van der Waals surface area contributed by atoms with Crippen LogP contribution in [-0.2, 0) is 9.53 Å². The van der Waals surface area contributed by atoms with E-state index in [4.69, 9.17) is 9.84 Å². The number of rotatable bonds is 2. The van der Waals surface area contributed by atoms with Crippen molar-refractivity contribution >= 4 is 12.1 Å². The number of ether oxygens (including phenoxy) is 1. The molecule has 1 heterocycles. The Balaban J connectivity index is 2.51. The number of hydrogen-bond donors (Lipinski definition) is 2. The number of aliphatic hydroxyl groups is 1. The number of amides is 1. The molecule has 1 rings (SSSR count). The average Bonchev–Trinajstić information content (AvgIpc) is 2.54. The second-order valence-electron chi connectivity index (χ2n) is 5.33. The third-order valence-electron chi connectivity index (χ3n) is 2.66. The topological polar surface area (TPSA) is 87.1 Å². The fourth-order valence-electron chi connectivity index (χ4n) is 1.67. The predicted molar refractivity (Wildman–Crippen MR) is 59.6 cm³/mol. The molecule has 2 N–H and O–H groups in total. The Kier molecular flexibility index (Phi) is 3.98. The van der Waals surface area contributed by atoms with Crippen molar-refractivity contribution in [3.63, 3.8) is 0 Å². The molecule has 0 bridgehead atoms. The average molecular weight is 245 g/mol. The minimum Gasteiger partial charge on any atom is -0.465 e. The molecule has 17 heavy (non-hydrogen) atoms. The van der Waals surface area contributed by atoms with E-state index >= 15 is 0 Å². The van der Waals surface area contributed by atoms with Gasteiger partial charge in [-0.1, -0.05) is 0 Å². The van der Waals surface area contributed by atoms with Crippen LogP contribution in [0.15, 0.2) is 0 Å². The van der Waals surface area contributed by atoms with E-state index in [0.29, 0.717) is 6.42 Å². The zero-order chi connectivity index (χ0) is 13.2. The first-order chi connectivity index (χ1) is 7.71. The van der Waals surface area contributed by atoms with Crippen LogP contribution >= 0.6 is 0 Å². The van der Waals surface area contributed by atoms with Gasteiger partial charge in [-0.25, -0.2) is 4.79 Å². The fraction of sp³-hybridized carbons (Fsp3) is 0.818. The van der Waals surface area contributed by atoms with E-state index in [1.807, 2.05) is 0 Å². The van der Waals surface area contributed by atoms with Gasteiger partial charge >= 0.3 is 12.1 Å². The number of β-amino-alcohol motifs (C(OH)–C–C–N with tert-alkyl or cyclic N) is 1. The standard InChI is InChI=1S/C11H19NO5/c1-11(2,3)9(14)17-6-7-4-8(13)5-12(7)10(15)16/h7-8,13H,4-6H2,1-3H3,(H,15,16)/t7-,8-/m0/s1. The normalized spacial score (nSPS) is 24.8. The summed E-state index contributed by atoms with van der Waals surface area (Å²) in [4.78, 5) is 23.5. The molecule has 1 aliphatic heterocycles. The highest BCUT2D eigenvalue weighted by molar-refractivity contribution is 5.75. The summed E-state index contributed by atoms with van der Waals surface area (Å²) in [5.74, 6) is -0.371. The second kappa shape index (κ2) is 4.91. The van der Waals surface area contributed by atoms with Crippen LogP contribution in [0, 0.1) is 5.41 Å². The lowest BCUT2D eigenvalue weighted by molar-refractivity contribution is -0.154. The maximum atomic E-state index is 11.5. The van der Waals surface area contributed by atoms with Crippen molar-refractivity contribution in [2.24, 2.45) is 5.41 Å². The number of hydrogen-bond acceptors (Lipinski definition) is 4. The number of likely N-dealkylation sites (tertiary alicyclic amines) is 1. The van der Waals surface area contributed by atoms with E-state index in [9.17, 15) is 14.7 Å². The quantitative estimate of drug-likeness (QED) is 0.699. The number of carbonyl (C=O) groups is 2. The monoisotopic (exact) mass is 245 g/mol. The summed E-state index contributed by atoms with van der Waals surface area (Å²) in [6.07, 6.45) is -1.47. The Morgan fingerprint density at radius 3 is 2.47 bits per heavy atom. The van der Waals surface area contributed by atoms with Crippen molar-refractivity contribution in [2.75, 3.05) is 13.2 Å². The van der Waals surface area contributed by atoms with Gasteiger partial charge in [-0.05, 0) is 27.2 Å². The Hall–Kier alpha value is -1.30. The lowest BCUT2D eigenvalue weighted by Gasteiger charge is -2.23. The molecule has 1 fully saturated rings. The smallest absolute Gasteiger partial charge is 0.407 e. The highest BCUT2D eigenvalue weighted by atomic mass is 16.5. The maximum absolute atomic E-state index is 11.5. The highest BCUT2D eigenvalue weighted by Crippen LogP contribution is 2.20. The van der Waals surface area contributed by atoms with Crippen molar-refractivity contribution < 1.29 is 24.5 Å². The van der Waals surface area contributed by atoms with Crippen LogP contribution in [0.25, 0.3) is 0 Å². The van der Waals surface area contributed by atoms with Gasteiger partial charge in [-0.2, -0.15) is 0 Å². The van der Waals surface area contributed by atoms with Crippen LogP contribution in [0.1, 0.15) is 27.2 Å². The highest BCUT2D eigenvalue weighted by Gasteiger charge is 2.35. The summed E-state index contributed by atoms with van der Waals surface area (Å²) in [6.45, 7) is 5.27. The third kappa shape index (κ3) is 3.59. The molecular weight excluding hydrogens is 226 g/mol. The van der Waals surface area contributed by atoms with Crippen LogP contribution in [0.3, 0.4) is 0 Å². The molecule has 0 aliphatic carbocycles. The molecule has 1 saturated heterocycles. The lowest BCUT2D eigenvalue weighted by atomic mass is 9.97. The molecular formula is C11H19NO5. The molecule has 6 heteroatoms. The van der Waals surface area contributed by atoms with Crippen LogP contribution in [-0.4, -0.2) is 52.5 Å². The number of nitrogens with zero attached hydrogens (tertiary/aromatic N) is 1. The molecule has 0 aromatic rings. The molecule has 1 aliphatic rings. The SMILES string of the molecule is CC(C)(C)C(=O)OC[C@@H]1C[C@H](O)CN1C(=O)O. The summed E-state index contributed by atoms with van der Waals surface area (Å²) < 4.78 is 5.06. The van der Waals surface area contributed by atoms with Gasteiger partial charge in [0.2, 0.25) is 0 Å². The molecule has 6 nitrogen and oxygen atoms in total. The second-order valence-corrected chi connectivity index (χ2v) is 5.33. The van der Waals surface area contributed by atoms with Crippen molar-refractivity contribution in [3.8, 4) is 0 Å². The van der Waals surface area contributed by atoms with Gasteiger partial charge in [0.05, 0.1) is 24.1 Å². The number of esters is 1. The van der Waals surface area contributed by atoms with Crippen molar-refractivity contribution in [3.05, 3.63) is 0 Å². The third-order valence-corrected chi connectivity index (χ3v) is 2.66. The Morgan fingerprint density at radius 1 is 1.41 bits per heavy atom. The van der Waals surface area contributed by atoms with Gasteiger partial charge < -0.3 is 14.9 Å². The van der Waals surface area contributed by atoms with Crippen molar-refractivity contribution in [1.29, 1.82) is 0 Å². The summed E-state index contributed by atoms with van der Waals surface area (Å²) in [5.41, 5.74) is -0.606. The van der Waals surface area contributed by atoms with Crippen LogP contribution in [0.4, 0.5) is 4.79 Å². The lowest BCUT2D eigenvalue weighted by Crippen LogP contribution is -2.39. The van der Waals surface area contributed by atoms with E-state index < -0.39 is 23.7 Å². The van der Waals surface area contributed by atoms with Gasteiger partial charge in [0.1, 0.15) is 6.61 Å². The number of carbonyl (C=O) groups excluding carboxylic acids is 1. The first kappa shape index (κ1) is 13.8. The molecule has 0 aromatic heterocycles. The Morgan fingerprint density at radius 2 is 2.00 bits per heavy atom.